The molecule has 2 aliphatic heterocycles. The summed E-state index contributed by atoms with van der Waals surface area (Å²) in [6, 6.07) is 9.38. The number of hydrogen-bond donors (Lipinski definition) is 1. The van der Waals surface area contributed by atoms with E-state index in [1.165, 1.54) is 5.56 Å². The average molecular weight is 273 g/mol. The fourth-order valence-corrected chi connectivity index (χ4v) is 3.91. The first-order valence-corrected chi connectivity index (χ1v) is 7.16. The minimum Gasteiger partial charge on any atom is -0.480 e. The molecular formula is C16H19NO3. The maximum absolute atomic E-state index is 12.0. The molecule has 2 heterocycles. The quantitative estimate of drug-likeness (QED) is 0.855. The first-order valence-electron chi connectivity index (χ1n) is 7.16. The average Bonchev–Trinajstić information content (AvgIpc) is 2.74. The van der Waals surface area contributed by atoms with E-state index in [9.17, 15) is 14.7 Å². The van der Waals surface area contributed by atoms with Crippen molar-refractivity contribution in [3.05, 3.63) is 35.9 Å². The van der Waals surface area contributed by atoms with E-state index in [1.54, 1.807) is 0 Å². The third-order valence-corrected chi connectivity index (χ3v) is 4.80. The lowest BCUT2D eigenvalue weighted by molar-refractivity contribution is -0.151. The van der Waals surface area contributed by atoms with E-state index < -0.39 is 12.0 Å². The summed E-state index contributed by atoms with van der Waals surface area (Å²) in [4.78, 5) is 25.3. The summed E-state index contributed by atoms with van der Waals surface area (Å²) in [6.45, 7) is 2.86. The van der Waals surface area contributed by atoms with Crippen molar-refractivity contribution in [2.24, 2.45) is 5.92 Å². The molecule has 5 atom stereocenters. The second-order valence-corrected chi connectivity index (χ2v) is 5.89. The van der Waals surface area contributed by atoms with Gasteiger partial charge >= 0.3 is 5.97 Å². The fourth-order valence-electron chi connectivity index (χ4n) is 3.91. The van der Waals surface area contributed by atoms with Crippen LogP contribution in [0, 0.1) is 5.92 Å². The van der Waals surface area contributed by atoms with Gasteiger partial charge in [0, 0.05) is 19.0 Å². The SMILES string of the molecule is CC(c1ccccc1)C1[C@H]2CC[N@@]1C(C(=O)O)C(=O)C2. The van der Waals surface area contributed by atoms with E-state index in [0.29, 0.717) is 12.3 Å². The largest absolute Gasteiger partial charge is 0.480 e. The zero-order valence-corrected chi connectivity index (χ0v) is 11.5. The van der Waals surface area contributed by atoms with Crippen LogP contribution in [0.15, 0.2) is 30.3 Å². The van der Waals surface area contributed by atoms with Gasteiger partial charge in [0.2, 0.25) is 0 Å². The van der Waals surface area contributed by atoms with Crippen LogP contribution in [0.2, 0.25) is 0 Å². The number of carboxylic acid groups (broad SMARTS) is 1. The monoisotopic (exact) mass is 273 g/mol. The number of carbonyl (C=O) groups is 2. The van der Waals surface area contributed by atoms with Crippen molar-refractivity contribution in [1.82, 2.24) is 4.90 Å². The fraction of sp³-hybridized carbons (Fsp3) is 0.500. The van der Waals surface area contributed by atoms with E-state index in [4.69, 9.17) is 0 Å². The van der Waals surface area contributed by atoms with E-state index >= 15 is 0 Å². The molecule has 3 rings (SSSR count). The Morgan fingerprint density at radius 1 is 1.35 bits per heavy atom. The number of aliphatic carboxylic acids is 1. The number of Topliss-reactive ketones (excluding diaryl/α,β-unsaturated/α-hetero) is 1. The Balaban J connectivity index is 1.91. The number of carboxylic acids is 1. The van der Waals surface area contributed by atoms with Gasteiger partial charge < -0.3 is 5.11 Å². The molecule has 2 saturated heterocycles. The number of hydrogen-bond acceptors (Lipinski definition) is 3. The molecule has 0 aromatic heterocycles. The lowest BCUT2D eigenvalue weighted by Gasteiger charge is -2.40. The zero-order valence-electron chi connectivity index (χ0n) is 11.5. The van der Waals surface area contributed by atoms with Crippen LogP contribution in [0.25, 0.3) is 0 Å². The standard InChI is InChI=1S/C16H19NO3/c1-10(11-5-3-2-4-6-11)14-12-7-8-17(14)15(16(19)20)13(18)9-12/h2-6,10,12,14-15H,7-9H2,1H3,(H,19,20)/t10?,12-,14?,15?/m0/s1. The van der Waals surface area contributed by atoms with Gasteiger partial charge in [0.25, 0.3) is 0 Å². The lowest BCUT2D eigenvalue weighted by atomic mass is 9.79. The molecule has 0 aliphatic carbocycles. The highest BCUT2D eigenvalue weighted by Gasteiger charge is 2.51. The van der Waals surface area contributed by atoms with Gasteiger partial charge in [0.1, 0.15) is 0 Å². The molecular weight excluding hydrogens is 254 g/mol. The summed E-state index contributed by atoms with van der Waals surface area (Å²) in [5, 5.41) is 9.34. The van der Waals surface area contributed by atoms with Crippen LogP contribution in [-0.2, 0) is 9.59 Å². The Morgan fingerprint density at radius 2 is 2.05 bits per heavy atom. The highest BCUT2D eigenvalue weighted by atomic mass is 16.4. The van der Waals surface area contributed by atoms with Crippen molar-refractivity contribution in [2.75, 3.05) is 6.54 Å². The second kappa shape index (κ2) is 5.02. The summed E-state index contributed by atoms with van der Waals surface area (Å²) >= 11 is 0. The zero-order chi connectivity index (χ0) is 14.3. The summed E-state index contributed by atoms with van der Waals surface area (Å²) in [5.74, 6) is -0.580. The van der Waals surface area contributed by atoms with Crippen LogP contribution in [0.1, 0.15) is 31.2 Å². The predicted octanol–water partition coefficient (Wildman–Crippen LogP) is 1.91. The molecule has 106 valence electrons. The molecule has 2 bridgehead atoms. The number of ketones is 1. The van der Waals surface area contributed by atoms with Gasteiger partial charge in [-0.1, -0.05) is 37.3 Å². The summed E-state index contributed by atoms with van der Waals surface area (Å²) in [7, 11) is 0. The molecule has 0 saturated carbocycles. The molecule has 1 aromatic rings. The molecule has 4 nitrogen and oxygen atoms in total. The molecule has 0 amide bonds. The number of rotatable bonds is 3. The smallest absolute Gasteiger partial charge is 0.328 e. The molecule has 1 aromatic carbocycles. The highest BCUT2D eigenvalue weighted by molar-refractivity contribution is 6.03. The van der Waals surface area contributed by atoms with Gasteiger partial charge in [-0.3, -0.25) is 14.5 Å². The van der Waals surface area contributed by atoms with E-state index in [-0.39, 0.29) is 17.7 Å². The summed E-state index contributed by atoms with van der Waals surface area (Å²) < 4.78 is 0. The van der Waals surface area contributed by atoms with Gasteiger partial charge in [0.15, 0.2) is 11.8 Å². The summed E-state index contributed by atoms with van der Waals surface area (Å²) in [6.07, 6.45) is 1.34. The highest BCUT2D eigenvalue weighted by Crippen LogP contribution is 2.41. The minimum absolute atomic E-state index is 0.128. The van der Waals surface area contributed by atoms with Gasteiger partial charge in [-0.2, -0.15) is 0 Å². The van der Waals surface area contributed by atoms with Gasteiger partial charge in [0.05, 0.1) is 0 Å². The van der Waals surface area contributed by atoms with Gasteiger partial charge in [-0.15, -0.1) is 0 Å². The Kier molecular flexibility index (Phi) is 3.34. The van der Waals surface area contributed by atoms with Crippen LogP contribution in [0.3, 0.4) is 0 Å². The molecule has 3 unspecified atom stereocenters. The maximum atomic E-state index is 12.0. The first-order chi connectivity index (χ1) is 9.59. The van der Waals surface area contributed by atoms with E-state index in [2.05, 4.69) is 19.1 Å². The lowest BCUT2D eigenvalue weighted by Crippen LogP contribution is -2.55. The van der Waals surface area contributed by atoms with E-state index in [0.717, 1.165) is 13.0 Å². The third kappa shape index (κ3) is 2.04. The predicted molar refractivity (Wildman–Crippen MR) is 74.5 cm³/mol. The number of benzene rings is 1. The Bertz CT molecular complexity index is 528. The molecule has 4 heteroatoms. The molecule has 2 aliphatic rings. The van der Waals surface area contributed by atoms with Crippen molar-refractivity contribution in [2.45, 2.75) is 37.8 Å². The van der Waals surface area contributed by atoms with Crippen molar-refractivity contribution >= 4 is 11.8 Å². The van der Waals surface area contributed by atoms with E-state index in [1.807, 2.05) is 23.1 Å². The minimum atomic E-state index is -0.999. The third-order valence-electron chi connectivity index (χ3n) is 4.80. The van der Waals surface area contributed by atoms with Crippen LogP contribution >= 0.6 is 0 Å². The van der Waals surface area contributed by atoms with Crippen LogP contribution < -0.4 is 0 Å². The van der Waals surface area contributed by atoms with Gasteiger partial charge in [-0.25, -0.2) is 0 Å². The molecule has 0 radical (unpaired) electrons. The maximum Gasteiger partial charge on any atom is 0.328 e. The number of fused-ring (bicyclic) bond motifs is 2. The first kappa shape index (κ1) is 13.3. The molecule has 0 spiro atoms. The number of carbonyl (C=O) groups excluding carboxylic acids is 1. The van der Waals surface area contributed by atoms with Crippen molar-refractivity contribution in [1.29, 1.82) is 0 Å². The second-order valence-electron chi connectivity index (χ2n) is 5.89. The van der Waals surface area contributed by atoms with Crippen LogP contribution in [0.4, 0.5) is 0 Å². The van der Waals surface area contributed by atoms with Crippen LogP contribution in [-0.4, -0.2) is 40.4 Å². The van der Waals surface area contributed by atoms with Crippen molar-refractivity contribution in [3.8, 4) is 0 Å². The van der Waals surface area contributed by atoms with Crippen LogP contribution in [0.5, 0.6) is 0 Å². The Morgan fingerprint density at radius 3 is 2.70 bits per heavy atom. The molecule has 20 heavy (non-hydrogen) atoms. The van der Waals surface area contributed by atoms with Crippen molar-refractivity contribution < 1.29 is 14.7 Å². The number of piperidine rings is 1. The van der Waals surface area contributed by atoms with Gasteiger partial charge in [-0.05, 0) is 23.8 Å². The molecule has 2 fully saturated rings. The Labute approximate surface area is 118 Å². The van der Waals surface area contributed by atoms with Crippen molar-refractivity contribution in [3.63, 3.8) is 0 Å². The topological polar surface area (TPSA) is 57.6 Å². The Hall–Kier alpha value is -1.68. The molecule has 1 N–H and O–H groups in total. The number of nitrogens with zero attached hydrogens (tertiary/aromatic N) is 1. The normalized spacial score (nSPS) is 34.0. The summed E-state index contributed by atoms with van der Waals surface area (Å²) in [5.41, 5.74) is 1.22.